The van der Waals surface area contributed by atoms with Gasteiger partial charge in [0, 0.05) is 63.2 Å². The van der Waals surface area contributed by atoms with Gasteiger partial charge in [0.1, 0.15) is 10.8 Å². The van der Waals surface area contributed by atoms with Crippen molar-refractivity contribution in [1.82, 2.24) is 19.9 Å². The van der Waals surface area contributed by atoms with E-state index in [-0.39, 0.29) is 0 Å². The molecule has 0 aliphatic carbocycles. The molecule has 0 bridgehead atoms. The van der Waals surface area contributed by atoms with E-state index in [0.29, 0.717) is 11.1 Å². The first kappa shape index (κ1) is 19.3. The van der Waals surface area contributed by atoms with E-state index in [1.807, 2.05) is 31.1 Å². The van der Waals surface area contributed by atoms with E-state index in [1.165, 1.54) is 11.3 Å². The number of nitrogens with zero attached hydrogens (tertiary/aromatic N) is 5. The minimum atomic E-state index is 0.507. The Kier molecular flexibility index (Phi) is 5.36. The third-order valence-corrected chi connectivity index (χ3v) is 5.78. The Labute approximate surface area is 175 Å². The van der Waals surface area contributed by atoms with Gasteiger partial charge in [0.05, 0.1) is 5.39 Å². The van der Waals surface area contributed by atoms with Gasteiger partial charge in [-0.3, -0.25) is 4.90 Å². The highest BCUT2D eigenvalue weighted by Crippen LogP contribution is 2.30. The quantitative estimate of drug-likeness (QED) is 0.649. The molecule has 0 unspecified atom stereocenters. The highest BCUT2D eigenvalue weighted by molar-refractivity contribution is 6.34. The molecule has 4 rings (SSSR count). The summed E-state index contributed by atoms with van der Waals surface area (Å²) < 4.78 is 0. The van der Waals surface area contributed by atoms with Crippen LogP contribution in [0.25, 0.3) is 11.0 Å². The minimum Gasteiger partial charge on any atom is -0.369 e. The molecule has 0 atom stereocenters. The number of benzene rings is 1. The third kappa shape index (κ3) is 3.77. The van der Waals surface area contributed by atoms with Gasteiger partial charge < -0.3 is 14.8 Å². The smallest absolute Gasteiger partial charge is 0.228 e. The summed E-state index contributed by atoms with van der Waals surface area (Å²) in [4.78, 5) is 19.1. The van der Waals surface area contributed by atoms with Crippen molar-refractivity contribution >= 4 is 45.9 Å². The fourth-order valence-corrected chi connectivity index (χ4v) is 4.06. The Hall–Kier alpha value is -2.02. The van der Waals surface area contributed by atoms with Gasteiger partial charge in [-0.15, -0.1) is 0 Å². The van der Waals surface area contributed by atoms with Crippen LogP contribution < -0.4 is 9.80 Å². The SMILES string of the molecule is Cc1[nH]c2nc(N(C)C)nc(Cl)c2c1CN1CCN(c2ccc(Cl)cc2)CC1. The number of rotatable bonds is 4. The fraction of sp³-hybridized carbons (Fsp3) is 0.400. The highest BCUT2D eigenvalue weighted by atomic mass is 35.5. The number of aromatic nitrogens is 3. The van der Waals surface area contributed by atoms with Crippen LogP contribution in [0.2, 0.25) is 10.2 Å². The molecule has 1 saturated heterocycles. The molecule has 1 aliphatic heterocycles. The van der Waals surface area contributed by atoms with Crippen LogP contribution in [0.5, 0.6) is 0 Å². The summed E-state index contributed by atoms with van der Waals surface area (Å²) in [5.41, 5.74) is 4.31. The first-order valence-corrected chi connectivity index (χ1v) is 10.1. The van der Waals surface area contributed by atoms with Gasteiger partial charge in [0.2, 0.25) is 5.95 Å². The Morgan fingerprint density at radius 1 is 1.04 bits per heavy atom. The summed E-state index contributed by atoms with van der Waals surface area (Å²) >= 11 is 12.5. The predicted octanol–water partition coefficient (Wildman–Crippen LogP) is 3.96. The minimum absolute atomic E-state index is 0.507. The number of hydrogen-bond donors (Lipinski definition) is 1. The molecule has 1 fully saturated rings. The number of aromatic amines is 1. The maximum Gasteiger partial charge on any atom is 0.228 e. The van der Waals surface area contributed by atoms with Crippen molar-refractivity contribution in [3.8, 4) is 0 Å². The third-order valence-electron chi connectivity index (χ3n) is 5.26. The first-order valence-electron chi connectivity index (χ1n) is 9.37. The van der Waals surface area contributed by atoms with Crippen LogP contribution in [0.3, 0.4) is 0 Å². The van der Waals surface area contributed by atoms with Crippen molar-refractivity contribution in [2.45, 2.75) is 13.5 Å². The molecule has 6 nitrogen and oxygen atoms in total. The average Bonchev–Trinajstić information content (AvgIpc) is 2.99. The van der Waals surface area contributed by atoms with Crippen molar-refractivity contribution in [2.75, 3.05) is 50.1 Å². The molecule has 8 heteroatoms. The summed E-state index contributed by atoms with van der Waals surface area (Å²) in [5, 5.41) is 2.21. The summed E-state index contributed by atoms with van der Waals surface area (Å²) in [5.74, 6) is 0.613. The second-order valence-corrected chi connectivity index (χ2v) is 8.20. The standard InChI is InChI=1S/C20H24Cl2N6/c1-13-16(17-18(22)24-20(26(2)3)25-19(17)23-13)12-27-8-10-28(11-9-27)15-6-4-14(21)5-7-15/h4-7H,8-12H2,1-3H3,(H,23,24,25). The molecule has 3 heterocycles. The molecule has 0 amide bonds. The van der Waals surface area contributed by atoms with E-state index in [4.69, 9.17) is 23.2 Å². The van der Waals surface area contributed by atoms with E-state index in [9.17, 15) is 0 Å². The highest BCUT2D eigenvalue weighted by Gasteiger charge is 2.22. The summed E-state index contributed by atoms with van der Waals surface area (Å²) in [6, 6.07) is 8.06. The van der Waals surface area contributed by atoms with Crippen molar-refractivity contribution in [3.05, 3.63) is 45.7 Å². The first-order chi connectivity index (χ1) is 13.4. The van der Waals surface area contributed by atoms with Crippen LogP contribution in [-0.2, 0) is 6.54 Å². The Morgan fingerprint density at radius 2 is 1.71 bits per heavy atom. The van der Waals surface area contributed by atoms with Crippen LogP contribution in [0.4, 0.5) is 11.6 Å². The maximum absolute atomic E-state index is 6.52. The van der Waals surface area contributed by atoms with Gasteiger partial charge in [-0.05, 0) is 36.8 Å². The summed E-state index contributed by atoms with van der Waals surface area (Å²) in [7, 11) is 3.82. The molecule has 0 spiro atoms. The average molecular weight is 419 g/mol. The van der Waals surface area contributed by atoms with Crippen LogP contribution in [-0.4, -0.2) is 60.1 Å². The molecule has 28 heavy (non-hydrogen) atoms. The predicted molar refractivity (Wildman–Crippen MR) is 117 cm³/mol. The van der Waals surface area contributed by atoms with E-state index >= 15 is 0 Å². The lowest BCUT2D eigenvalue weighted by Gasteiger charge is -2.36. The maximum atomic E-state index is 6.52. The van der Waals surface area contributed by atoms with Crippen molar-refractivity contribution < 1.29 is 0 Å². The lowest BCUT2D eigenvalue weighted by atomic mass is 10.1. The topological polar surface area (TPSA) is 51.3 Å². The molecule has 1 N–H and O–H groups in total. The number of halogens is 2. The van der Waals surface area contributed by atoms with Gasteiger partial charge in [0.25, 0.3) is 0 Å². The number of piperazine rings is 1. The van der Waals surface area contributed by atoms with Crippen molar-refractivity contribution in [3.63, 3.8) is 0 Å². The zero-order chi connectivity index (χ0) is 19.8. The molecule has 0 radical (unpaired) electrons. The molecule has 1 aromatic carbocycles. The zero-order valence-corrected chi connectivity index (χ0v) is 17.8. The van der Waals surface area contributed by atoms with E-state index in [0.717, 1.165) is 54.5 Å². The number of nitrogens with one attached hydrogen (secondary N) is 1. The lowest BCUT2D eigenvalue weighted by molar-refractivity contribution is 0.250. The van der Waals surface area contributed by atoms with Crippen LogP contribution >= 0.6 is 23.2 Å². The number of fused-ring (bicyclic) bond motifs is 1. The van der Waals surface area contributed by atoms with Gasteiger partial charge in [-0.2, -0.15) is 4.98 Å². The largest absolute Gasteiger partial charge is 0.369 e. The fourth-order valence-electron chi connectivity index (χ4n) is 3.66. The van der Waals surface area contributed by atoms with Gasteiger partial charge in [-0.1, -0.05) is 23.2 Å². The monoisotopic (exact) mass is 418 g/mol. The lowest BCUT2D eigenvalue weighted by Crippen LogP contribution is -2.46. The Morgan fingerprint density at radius 3 is 2.36 bits per heavy atom. The van der Waals surface area contributed by atoms with Gasteiger partial charge >= 0.3 is 0 Å². The molecule has 2 aromatic heterocycles. The van der Waals surface area contributed by atoms with Crippen LogP contribution in [0.15, 0.2) is 24.3 Å². The number of hydrogen-bond acceptors (Lipinski definition) is 5. The zero-order valence-electron chi connectivity index (χ0n) is 16.3. The van der Waals surface area contributed by atoms with E-state index < -0.39 is 0 Å². The van der Waals surface area contributed by atoms with Crippen LogP contribution in [0.1, 0.15) is 11.3 Å². The Balaban J connectivity index is 1.50. The number of anilines is 2. The van der Waals surface area contributed by atoms with E-state index in [2.05, 4.69) is 43.8 Å². The van der Waals surface area contributed by atoms with Gasteiger partial charge in [-0.25, -0.2) is 4.98 Å². The van der Waals surface area contributed by atoms with Gasteiger partial charge in [0.15, 0.2) is 0 Å². The summed E-state index contributed by atoms with van der Waals surface area (Å²) in [6.45, 7) is 6.86. The van der Waals surface area contributed by atoms with Crippen molar-refractivity contribution in [2.24, 2.45) is 0 Å². The normalized spacial score (nSPS) is 15.4. The second kappa shape index (κ2) is 7.78. The molecule has 1 aliphatic rings. The number of aryl methyl sites for hydroxylation is 1. The van der Waals surface area contributed by atoms with Crippen molar-refractivity contribution in [1.29, 1.82) is 0 Å². The molecular weight excluding hydrogens is 395 g/mol. The molecule has 3 aromatic rings. The molecular formula is C20H24Cl2N6. The molecule has 148 valence electrons. The Bertz CT molecular complexity index is 975. The number of H-pyrrole nitrogens is 1. The van der Waals surface area contributed by atoms with E-state index in [1.54, 1.807) is 0 Å². The second-order valence-electron chi connectivity index (χ2n) is 7.40. The molecule has 0 saturated carbocycles. The summed E-state index contributed by atoms with van der Waals surface area (Å²) in [6.07, 6.45) is 0. The van der Waals surface area contributed by atoms with Crippen LogP contribution in [0, 0.1) is 6.92 Å².